The van der Waals surface area contributed by atoms with Crippen molar-refractivity contribution in [3.63, 3.8) is 0 Å². The molecule has 0 aromatic carbocycles. The van der Waals surface area contributed by atoms with E-state index in [9.17, 15) is 9.90 Å². The van der Waals surface area contributed by atoms with Gasteiger partial charge in [0.1, 0.15) is 0 Å². The Labute approximate surface area is 136 Å². The van der Waals surface area contributed by atoms with Gasteiger partial charge in [0, 0.05) is 12.7 Å². The number of carbonyl (C=O) groups is 1. The Kier molecular flexibility index (Phi) is 6.93. The molecule has 0 spiro atoms. The van der Waals surface area contributed by atoms with Crippen molar-refractivity contribution >= 4 is 17.6 Å². The average Bonchev–Trinajstić information content (AvgIpc) is 2.52. The van der Waals surface area contributed by atoms with Crippen LogP contribution >= 0.6 is 11.6 Å². The zero-order chi connectivity index (χ0) is 15.8. The van der Waals surface area contributed by atoms with Gasteiger partial charge in [-0.05, 0) is 43.7 Å². The average molecular weight is 326 g/mol. The summed E-state index contributed by atoms with van der Waals surface area (Å²) in [7, 11) is 0. The molecule has 1 aliphatic rings. The van der Waals surface area contributed by atoms with Gasteiger partial charge in [-0.15, -0.1) is 0 Å². The van der Waals surface area contributed by atoms with E-state index in [2.05, 4.69) is 15.6 Å². The summed E-state index contributed by atoms with van der Waals surface area (Å²) in [5.74, 6) is 0.400. The van der Waals surface area contributed by atoms with Crippen molar-refractivity contribution in [1.82, 2.24) is 15.6 Å². The number of pyridine rings is 1. The van der Waals surface area contributed by atoms with Gasteiger partial charge in [-0.2, -0.15) is 0 Å². The Bertz CT molecular complexity index is 467. The first kappa shape index (κ1) is 17.0. The minimum atomic E-state index is -0.194. The van der Waals surface area contributed by atoms with Crippen LogP contribution in [0.25, 0.3) is 0 Å². The van der Waals surface area contributed by atoms with Crippen LogP contribution < -0.4 is 10.6 Å². The maximum Gasteiger partial charge on any atom is 0.315 e. The molecular formula is C16H24ClN3O2. The lowest BCUT2D eigenvalue weighted by atomic mass is 9.83. The van der Waals surface area contributed by atoms with Crippen LogP contribution in [0.15, 0.2) is 18.3 Å². The summed E-state index contributed by atoms with van der Waals surface area (Å²) in [6, 6.07) is 3.34. The number of nitrogens with zero attached hydrogens (tertiary/aromatic N) is 1. The summed E-state index contributed by atoms with van der Waals surface area (Å²) in [5.41, 5.74) is 0.768. The van der Waals surface area contributed by atoms with E-state index in [4.69, 9.17) is 11.6 Å². The van der Waals surface area contributed by atoms with Crippen LogP contribution in [0.1, 0.15) is 44.2 Å². The highest BCUT2D eigenvalue weighted by molar-refractivity contribution is 6.30. The molecule has 0 bridgehead atoms. The topological polar surface area (TPSA) is 74.2 Å². The van der Waals surface area contributed by atoms with Gasteiger partial charge in [-0.25, -0.2) is 4.79 Å². The number of aliphatic hydroxyl groups is 1. The van der Waals surface area contributed by atoms with Gasteiger partial charge < -0.3 is 15.7 Å². The van der Waals surface area contributed by atoms with Crippen LogP contribution in [0, 0.1) is 5.92 Å². The largest absolute Gasteiger partial charge is 0.393 e. The SMILES string of the molecule is O=C(NCCCC1CCCCC1O)NCc1ccc(Cl)cn1. The minimum Gasteiger partial charge on any atom is -0.393 e. The monoisotopic (exact) mass is 325 g/mol. The molecule has 22 heavy (non-hydrogen) atoms. The second-order valence-corrected chi connectivity index (χ2v) is 6.27. The van der Waals surface area contributed by atoms with E-state index in [1.54, 1.807) is 18.3 Å². The van der Waals surface area contributed by atoms with Gasteiger partial charge in [0.15, 0.2) is 0 Å². The summed E-state index contributed by atoms with van der Waals surface area (Å²) < 4.78 is 0. The van der Waals surface area contributed by atoms with Crippen LogP contribution in [0.2, 0.25) is 5.02 Å². The molecule has 2 amide bonds. The molecular weight excluding hydrogens is 302 g/mol. The standard InChI is InChI=1S/C16H24ClN3O2/c17-13-7-8-14(19-10-13)11-20-16(22)18-9-3-5-12-4-1-2-6-15(12)21/h7-8,10,12,15,21H,1-6,9,11H2,(H2,18,20,22). The molecule has 5 nitrogen and oxygen atoms in total. The number of aliphatic hydroxyl groups excluding tert-OH is 1. The number of hydrogen-bond acceptors (Lipinski definition) is 3. The van der Waals surface area contributed by atoms with Gasteiger partial charge in [0.2, 0.25) is 0 Å². The third-order valence-corrected chi connectivity index (χ3v) is 4.35. The number of halogens is 1. The van der Waals surface area contributed by atoms with Crippen LogP contribution in [0.4, 0.5) is 4.79 Å². The number of carbonyl (C=O) groups excluding carboxylic acids is 1. The molecule has 1 aliphatic carbocycles. The Morgan fingerprint density at radius 1 is 1.32 bits per heavy atom. The highest BCUT2D eigenvalue weighted by Gasteiger charge is 2.22. The summed E-state index contributed by atoms with van der Waals surface area (Å²) in [5, 5.41) is 16.1. The van der Waals surface area contributed by atoms with E-state index in [0.29, 0.717) is 24.0 Å². The minimum absolute atomic E-state index is 0.154. The maximum atomic E-state index is 11.7. The molecule has 1 fully saturated rings. The predicted octanol–water partition coefficient (Wildman–Crippen LogP) is 2.87. The third kappa shape index (κ3) is 5.81. The fourth-order valence-electron chi connectivity index (χ4n) is 2.84. The first-order chi connectivity index (χ1) is 10.6. The fourth-order valence-corrected chi connectivity index (χ4v) is 2.95. The summed E-state index contributed by atoms with van der Waals surface area (Å²) >= 11 is 5.75. The molecule has 3 N–H and O–H groups in total. The van der Waals surface area contributed by atoms with Crippen molar-refractivity contribution in [2.24, 2.45) is 5.92 Å². The Morgan fingerprint density at radius 2 is 2.14 bits per heavy atom. The van der Waals surface area contributed by atoms with Crippen LogP contribution in [0.5, 0.6) is 0 Å². The van der Waals surface area contributed by atoms with Crippen molar-refractivity contribution in [2.45, 2.75) is 51.2 Å². The van der Waals surface area contributed by atoms with Crippen LogP contribution in [-0.2, 0) is 6.54 Å². The van der Waals surface area contributed by atoms with E-state index in [1.807, 2.05) is 0 Å². The lowest BCUT2D eigenvalue weighted by molar-refractivity contribution is 0.0644. The molecule has 1 aromatic heterocycles. The molecule has 0 radical (unpaired) electrons. The summed E-state index contributed by atoms with van der Waals surface area (Å²) in [4.78, 5) is 15.8. The van der Waals surface area contributed by atoms with Crippen molar-refractivity contribution in [1.29, 1.82) is 0 Å². The Balaban J connectivity index is 1.56. The molecule has 2 rings (SSSR count). The number of rotatable bonds is 6. The van der Waals surface area contributed by atoms with E-state index < -0.39 is 0 Å². The number of hydrogen-bond donors (Lipinski definition) is 3. The summed E-state index contributed by atoms with van der Waals surface area (Å²) in [6.07, 6.45) is 7.65. The molecule has 2 unspecified atom stereocenters. The zero-order valence-electron chi connectivity index (χ0n) is 12.7. The predicted molar refractivity (Wildman–Crippen MR) is 86.7 cm³/mol. The fraction of sp³-hybridized carbons (Fsp3) is 0.625. The molecule has 0 saturated heterocycles. The van der Waals surface area contributed by atoms with E-state index in [-0.39, 0.29) is 12.1 Å². The van der Waals surface area contributed by atoms with Crippen molar-refractivity contribution in [3.05, 3.63) is 29.0 Å². The smallest absolute Gasteiger partial charge is 0.315 e. The molecule has 1 aromatic rings. The van der Waals surface area contributed by atoms with Crippen molar-refractivity contribution < 1.29 is 9.90 Å². The van der Waals surface area contributed by atoms with Crippen molar-refractivity contribution in [3.8, 4) is 0 Å². The van der Waals surface area contributed by atoms with Crippen molar-refractivity contribution in [2.75, 3.05) is 6.54 Å². The molecule has 1 saturated carbocycles. The number of aromatic nitrogens is 1. The lowest BCUT2D eigenvalue weighted by Crippen LogP contribution is -2.36. The molecule has 6 heteroatoms. The molecule has 0 aliphatic heterocycles. The van der Waals surface area contributed by atoms with E-state index in [0.717, 1.165) is 37.8 Å². The Morgan fingerprint density at radius 3 is 2.86 bits per heavy atom. The van der Waals surface area contributed by atoms with Gasteiger partial charge in [0.25, 0.3) is 0 Å². The quantitative estimate of drug-likeness (QED) is 0.704. The molecule has 1 heterocycles. The third-order valence-electron chi connectivity index (χ3n) is 4.12. The Hall–Kier alpha value is -1.33. The highest BCUT2D eigenvalue weighted by atomic mass is 35.5. The maximum absolute atomic E-state index is 11.7. The summed E-state index contributed by atoms with van der Waals surface area (Å²) in [6.45, 7) is 1.01. The van der Waals surface area contributed by atoms with Gasteiger partial charge in [-0.1, -0.05) is 24.4 Å². The molecule has 2 atom stereocenters. The van der Waals surface area contributed by atoms with Gasteiger partial charge >= 0.3 is 6.03 Å². The highest BCUT2D eigenvalue weighted by Crippen LogP contribution is 2.27. The second-order valence-electron chi connectivity index (χ2n) is 5.83. The lowest BCUT2D eigenvalue weighted by Gasteiger charge is -2.27. The van der Waals surface area contributed by atoms with E-state index >= 15 is 0 Å². The van der Waals surface area contributed by atoms with Crippen LogP contribution in [-0.4, -0.2) is 28.8 Å². The van der Waals surface area contributed by atoms with E-state index in [1.165, 1.54) is 6.42 Å². The van der Waals surface area contributed by atoms with Gasteiger partial charge in [0.05, 0.1) is 23.4 Å². The van der Waals surface area contributed by atoms with Crippen LogP contribution in [0.3, 0.4) is 0 Å². The number of amides is 2. The number of nitrogens with one attached hydrogen (secondary N) is 2. The molecule has 122 valence electrons. The first-order valence-electron chi connectivity index (χ1n) is 7.95. The zero-order valence-corrected chi connectivity index (χ0v) is 13.5. The second kappa shape index (κ2) is 8.96. The number of urea groups is 1. The van der Waals surface area contributed by atoms with Gasteiger partial charge in [-0.3, -0.25) is 4.98 Å². The first-order valence-corrected chi connectivity index (χ1v) is 8.33. The normalized spacial score (nSPS) is 21.4.